The van der Waals surface area contributed by atoms with Crippen LogP contribution in [0.5, 0.6) is 0 Å². The number of carbonyl (C=O) groups is 2. The fourth-order valence-corrected chi connectivity index (χ4v) is 4.83. The van der Waals surface area contributed by atoms with Crippen LogP contribution in [0, 0.1) is 17.6 Å². The van der Waals surface area contributed by atoms with E-state index in [1.54, 1.807) is 0 Å². The minimum Gasteiger partial charge on any atom is -0.347 e. The molecule has 2 heterocycles. The third-order valence-corrected chi connectivity index (χ3v) is 7.00. The van der Waals surface area contributed by atoms with Gasteiger partial charge in [0, 0.05) is 12.1 Å². The van der Waals surface area contributed by atoms with Gasteiger partial charge < -0.3 is 16.0 Å². The molecule has 1 saturated carbocycles. The van der Waals surface area contributed by atoms with E-state index in [2.05, 4.69) is 16.0 Å². The maximum absolute atomic E-state index is 14.8. The fraction of sp³-hybridized carbons (Fsp3) is 0.600. The molecule has 3 fully saturated rings. The highest BCUT2D eigenvalue weighted by atomic mass is 35.5. The second-order valence-electron chi connectivity index (χ2n) is 8.51. The first-order chi connectivity index (χ1) is 15.0. The van der Waals surface area contributed by atoms with Gasteiger partial charge in [0.25, 0.3) is 0 Å². The van der Waals surface area contributed by atoms with Gasteiger partial charge in [-0.25, -0.2) is 13.6 Å². The largest absolute Gasteiger partial charge is 0.406 e. The molecule has 4 rings (SSSR count). The molecule has 12 heteroatoms. The summed E-state index contributed by atoms with van der Waals surface area (Å²) in [6.07, 6.45) is -3.67. The number of carbonyl (C=O) groups excluding carboxylic acids is 2. The maximum atomic E-state index is 14.8. The Labute approximate surface area is 185 Å². The summed E-state index contributed by atoms with van der Waals surface area (Å²) in [5.41, 5.74) is -1.83. The average molecular weight is 481 g/mol. The van der Waals surface area contributed by atoms with Crippen LogP contribution in [0.3, 0.4) is 0 Å². The molecule has 6 nitrogen and oxygen atoms in total. The lowest BCUT2D eigenvalue weighted by Crippen LogP contribution is -2.53. The Kier molecular flexibility index (Phi) is 6.00. The summed E-state index contributed by atoms with van der Waals surface area (Å²) in [5, 5.41) is 6.85. The Morgan fingerprint density at radius 1 is 1.22 bits per heavy atom. The summed E-state index contributed by atoms with van der Waals surface area (Å²) >= 11 is 5.73. The molecule has 2 aliphatic heterocycles. The van der Waals surface area contributed by atoms with Crippen molar-refractivity contribution < 1.29 is 31.5 Å². The van der Waals surface area contributed by atoms with Crippen LogP contribution in [0.25, 0.3) is 0 Å². The first kappa shape index (κ1) is 23.0. The molecule has 2 saturated heterocycles. The van der Waals surface area contributed by atoms with E-state index in [1.165, 1.54) is 11.0 Å². The van der Waals surface area contributed by atoms with Crippen molar-refractivity contribution in [3.05, 3.63) is 34.4 Å². The summed E-state index contributed by atoms with van der Waals surface area (Å²) in [5.74, 6) is -2.97. The molecule has 3 N–H and O–H groups in total. The number of likely N-dealkylation sites (tertiary alicyclic amines) is 1. The highest BCUT2D eigenvalue weighted by Crippen LogP contribution is 2.54. The van der Waals surface area contributed by atoms with E-state index in [9.17, 15) is 31.5 Å². The number of nitrogens with zero attached hydrogens (tertiary/aromatic N) is 1. The second-order valence-corrected chi connectivity index (χ2v) is 8.89. The summed E-state index contributed by atoms with van der Waals surface area (Å²) < 4.78 is 68.9. The van der Waals surface area contributed by atoms with Gasteiger partial charge in [0.05, 0.1) is 6.04 Å². The van der Waals surface area contributed by atoms with E-state index in [-0.39, 0.29) is 50.9 Å². The number of benzene rings is 1. The van der Waals surface area contributed by atoms with Crippen LogP contribution >= 0.6 is 11.6 Å². The van der Waals surface area contributed by atoms with E-state index < -0.39 is 58.3 Å². The number of hydrogen-bond acceptors (Lipinski definition) is 3. The Morgan fingerprint density at radius 2 is 1.88 bits per heavy atom. The van der Waals surface area contributed by atoms with Crippen LogP contribution < -0.4 is 16.0 Å². The van der Waals surface area contributed by atoms with Crippen LogP contribution in [0.1, 0.15) is 37.3 Å². The number of halogens is 6. The molecule has 176 valence electrons. The lowest BCUT2D eigenvalue weighted by atomic mass is 9.84. The van der Waals surface area contributed by atoms with Crippen molar-refractivity contribution in [2.75, 3.05) is 19.6 Å². The zero-order valence-electron chi connectivity index (χ0n) is 16.9. The standard InChI is InChI=1S/C20H22ClF5N4O2/c21-14-12(22)2-1-11(15(14)23)16(29-17(31)13-9-27-18(32)28-13)10-3-7-30(8-4-10)19(5-6-19)20(24,25)26/h1-2,10,13,16H,3-9H2,(H,29,31)(H2,27,28,32)/t13?,16-/m0/s1. The summed E-state index contributed by atoms with van der Waals surface area (Å²) in [6.45, 7) is 0.306. The predicted molar refractivity (Wildman–Crippen MR) is 105 cm³/mol. The Balaban J connectivity index is 1.54. The molecule has 0 bridgehead atoms. The van der Waals surface area contributed by atoms with Gasteiger partial charge >= 0.3 is 12.2 Å². The molecule has 0 radical (unpaired) electrons. The smallest absolute Gasteiger partial charge is 0.347 e. The third kappa shape index (κ3) is 4.12. The number of alkyl halides is 3. The molecule has 3 amide bonds. The van der Waals surface area contributed by atoms with Gasteiger partial charge in [-0.05, 0) is 50.8 Å². The van der Waals surface area contributed by atoms with E-state index in [4.69, 9.17) is 11.6 Å². The van der Waals surface area contributed by atoms with Crippen molar-refractivity contribution in [3.8, 4) is 0 Å². The minimum absolute atomic E-state index is 0.0383. The molecule has 1 unspecified atom stereocenters. The van der Waals surface area contributed by atoms with Crippen LogP contribution in [-0.2, 0) is 4.79 Å². The maximum Gasteiger partial charge on any atom is 0.406 e. The molecule has 1 aromatic carbocycles. The average Bonchev–Trinajstić information content (AvgIpc) is 3.46. The van der Waals surface area contributed by atoms with E-state index in [0.717, 1.165) is 6.07 Å². The second kappa shape index (κ2) is 8.33. The molecular weight excluding hydrogens is 459 g/mol. The highest BCUT2D eigenvalue weighted by molar-refractivity contribution is 6.31. The van der Waals surface area contributed by atoms with E-state index in [0.29, 0.717) is 0 Å². The predicted octanol–water partition coefficient (Wildman–Crippen LogP) is 3.26. The molecule has 0 aromatic heterocycles. The third-order valence-electron chi connectivity index (χ3n) is 6.65. The first-order valence-electron chi connectivity index (χ1n) is 10.3. The lowest BCUT2D eigenvalue weighted by molar-refractivity contribution is -0.200. The molecule has 0 spiro atoms. The van der Waals surface area contributed by atoms with Crippen LogP contribution in [-0.4, -0.2) is 54.2 Å². The zero-order valence-corrected chi connectivity index (χ0v) is 17.6. The lowest BCUT2D eigenvalue weighted by Gasteiger charge is -2.41. The number of nitrogens with one attached hydrogen (secondary N) is 3. The normalized spacial score (nSPS) is 24.6. The minimum atomic E-state index is -4.32. The van der Waals surface area contributed by atoms with Gasteiger partial charge in [0.1, 0.15) is 28.2 Å². The van der Waals surface area contributed by atoms with Crippen molar-refractivity contribution in [2.24, 2.45) is 5.92 Å². The fourth-order valence-electron chi connectivity index (χ4n) is 4.66. The first-order valence-corrected chi connectivity index (χ1v) is 10.7. The summed E-state index contributed by atoms with van der Waals surface area (Å²) in [7, 11) is 0. The van der Waals surface area contributed by atoms with Crippen molar-refractivity contribution in [1.29, 1.82) is 0 Å². The van der Waals surface area contributed by atoms with Crippen molar-refractivity contribution in [2.45, 2.75) is 49.5 Å². The number of urea groups is 1. The van der Waals surface area contributed by atoms with E-state index in [1.807, 2.05) is 0 Å². The van der Waals surface area contributed by atoms with Gasteiger partial charge in [-0.15, -0.1) is 0 Å². The Bertz CT molecular complexity index is 916. The Morgan fingerprint density at radius 3 is 2.41 bits per heavy atom. The zero-order chi connectivity index (χ0) is 23.3. The molecule has 1 aliphatic carbocycles. The van der Waals surface area contributed by atoms with Gasteiger partial charge in [-0.2, -0.15) is 13.2 Å². The van der Waals surface area contributed by atoms with Gasteiger partial charge in [-0.3, -0.25) is 9.69 Å². The highest BCUT2D eigenvalue weighted by Gasteiger charge is 2.66. The quantitative estimate of drug-likeness (QED) is 0.447. The molecule has 2 atom stereocenters. The molecule has 3 aliphatic rings. The van der Waals surface area contributed by atoms with E-state index >= 15 is 0 Å². The summed E-state index contributed by atoms with van der Waals surface area (Å²) in [6, 6.07) is -0.188. The van der Waals surface area contributed by atoms with Crippen LogP contribution in [0.4, 0.5) is 26.7 Å². The molecule has 1 aromatic rings. The molecular formula is C20H22ClF5N4O2. The number of rotatable bonds is 5. The monoisotopic (exact) mass is 480 g/mol. The van der Waals surface area contributed by atoms with Gasteiger partial charge in [0.15, 0.2) is 0 Å². The van der Waals surface area contributed by atoms with Crippen LogP contribution in [0.2, 0.25) is 5.02 Å². The molecule has 32 heavy (non-hydrogen) atoms. The van der Waals surface area contributed by atoms with Gasteiger partial charge in [0.2, 0.25) is 5.91 Å². The van der Waals surface area contributed by atoms with Gasteiger partial charge in [-0.1, -0.05) is 17.7 Å². The van der Waals surface area contributed by atoms with Crippen molar-refractivity contribution in [1.82, 2.24) is 20.9 Å². The number of piperidine rings is 1. The number of amides is 3. The number of hydrogen-bond donors (Lipinski definition) is 3. The van der Waals surface area contributed by atoms with Crippen molar-refractivity contribution >= 4 is 23.5 Å². The topological polar surface area (TPSA) is 73.5 Å². The summed E-state index contributed by atoms with van der Waals surface area (Å²) in [4.78, 5) is 25.5. The SMILES string of the molecule is O=C1NCC(C(=O)N[C@H](c2ccc(F)c(Cl)c2F)C2CCN(C3(C(F)(F)F)CC3)CC2)N1. The van der Waals surface area contributed by atoms with Crippen LogP contribution in [0.15, 0.2) is 12.1 Å². The Hall–Kier alpha value is -2.14. The van der Waals surface area contributed by atoms with Crippen molar-refractivity contribution in [3.63, 3.8) is 0 Å².